The Morgan fingerprint density at radius 3 is 2.55 bits per heavy atom. The lowest BCUT2D eigenvalue weighted by atomic mass is 10.1. The van der Waals surface area contributed by atoms with Crippen molar-refractivity contribution in [1.82, 2.24) is 4.98 Å². The van der Waals surface area contributed by atoms with Gasteiger partial charge in [-0.2, -0.15) is 0 Å². The highest BCUT2D eigenvalue weighted by Gasteiger charge is 2.39. The Labute approximate surface area is 118 Å². The van der Waals surface area contributed by atoms with Crippen molar-refractivity contribution < 1.29 is 4.79 Å². The van der Waals surface area contributed by atoms with Gasteiger partial charge in [0, 0.05) is 18.3 Å². The van der Waals surface area contributed by atoms with E-state index in [0.29, 0.717) is 17.3 Å². The van der Waals surface area contributed by atoms with E-state index in [4.69, 9.17) is 5.73 Å². The lowest BCUT2D eigenvalue weighted by Crippen LogP contribution is -2.15. The number of carbonyl (C=O) groups is 1. The fraction of sp³-hybridized carbons (Fsp3) is 0.250. The summed E-state index contributed by atoms with van der Waals surface area (Å²) in [6.45, 7) is 2.08. The molecule has 2 aromatic rings. The van der Waals surface area contributed by atoms with E-state index in [0.717, 1.165) is 17.5 Å². The second-order valence-corrected chi connectivity index (χ2v) is 5.35. The Hall–Kier alpha value is -2.36. The van der Waals surface area contributed by atoms with Gasteiger partial charge in [-0.15, -0.1) is 0 Å². The van der Waals surface area contributed by atoms with Gasteiger partial charge in [-0.1, -0.05) is 13.0 Å². The molecule has 1 saturated carbocycles. The number of nitrogens with two attached hydrogens (primary N) is 1. The first-order valence-electron chi connectivity index (χ1n) is 6.76. The number of carbonyl (C=O) groups excluding carboxylic acids is 1. The van der Waals surface area contributed by atoms with Crippen LogP contribution in [-0.2, 0) is 4.79 Å². The van der Waals surface area contributed by atoms with Gasteiger partial charge in [0.05, 0.1) is 11.4 Å². The molecule has 0 aliphatic heterocycles. The van der Waals surface area contributed by atoms with E-state index < -0.39 is 0 Å². The Morgan fingerprint density at radius 1 is 1.25 bits per heavy atom. The molecule has 0 radical (unpaired) electrons. The molecule has 3 N–H and O–H groups in total. The predicted octanol–water partition coefficient (Wildman–Crippen LogP) is 2.93. The van der Waals surface area contributed by atoms with E-state index >= 15 is 0 Å². The van der Waals surface area contributed by atoms with Gasteiger partial charge in [0.2, 0.25) is 5.91 Å². The standard InChI is InChI=1S/C16H17N3O/c1-10-8-13(10)16(20)19-15-3-2-12(9-14(15)17)11-4-6-18-7-5-11/h2-7,9-10,13H,8,17H2,1H3,(H,19,20). The maximum absolute atomic E-state index is 11.9. The van der Waals surface area contributed by atoms with Crippen molar-refractivity contribution in [1.29, 1.82) is 0 Å². The average molecular weight is 267 g/mol. The number of nitrogens with one attached hydrogen (secondary N) is 1. The molecule has 1 amide bonds. The molecule has 1 fully saturated rings. The van der Waals surface area contributed by atoms with E-state index in [9.17, 15) is 4.79 Å². The molecule has 1 aromatic carbocycles. The van der Waals surface area contributed by atoms with Gasteiger partial charge in [-0.25, -0.2) is 0 Å². The van der Waals surface area contributed by atoms with E-state index in [-0.39, 0.29) is 11.8 Å². The quantitative estimate of drug-likeness (QED) is 0.840. The first-order chi connectivity index (χ1) is 9.65. The van der Waals surface area contributed by atoms with Crippen molar-refractivity contribution in [3.05, 3.63) is 42.7 Å². The summed E-state index contributed by atoms with van der Waals surface area (Å²) < 4.78 is 0. The number of nitrogens with zero attached hydrogens (tertiary/aromatic N) is 1. The van der Waals surface area contributed by atoms with Crippen LogP contribution in [0.5, 0.6) is 0 Å². The van der Waals surface area contributed by atoms with Crippen LogP contribution in [0.4, 0.5) is 11.4 Å². The van der Waals surface area contributed by atoms with E-state index in [1.165, 1.54) is 0 Å². The first-order valence-corrected chi connectivity index (χ1v) is 6.76. The molecular formula is C16H17N3O. The van der Waals surface area contributed by atoms with E-state index in [1.807, 2.05) is 30.3 Å². The normalized spacial score (nSPS) is 20.4. The van der Waals surface area contributed by atoms with E-state index in [1.54, 1.807) is 12.4 Å². The maximum Gasteiger partial charge on any atom is 0.227 e. The van der Waals surface area contributed by atoms with Crippen LogP contribution < -0.4 is 11.1 Å². The molecule has 1 aliphatic carbocycles. The summed E-state index contributed by atoms with van der Waals surface area (Å²) in [6, 6.07) is 9.55. The fourth-order valence-corrected chi connectivity index (χ4v) is 2.31. The molecule has 4 nitrogen and oxygen atoms in total. The Morgan fingerprint density at radius 2 is 1.95 bits per heavy atom. The van der Waals surface area contributed by atoms with Gasteiger partial charge in [0.15, 0.2) is 0 Å². The minimum Gasteiger partial charge on any atom is -0.397 e. The van der Waals surface area contributed by atoms with Gasteiger partial charge in [0.1, 0.15) is 0 Å². The van der Waals surface area contributed by atoms with Crippen molar-refractivity contribution in [3.63, 3.8) is 0 Å². The predicted molar refractivity (Wildman–Crippen MR) is 80.0 cm³/mol. The molecule has 1 aromatic heterocycles. The number of anilines is 2. The topological polar surface area (TPSA) is 68.0 Å². The summed E-state index contributed by atoms with van der Waals surface area (Å²) in [5.74, 6) is 0.711. The molecule has 1 heterocycles. The SMILES string of the molecule is CC1CC1C(=O)Nc1ccc(-c2ccncc2)cc1N. The highest BCUT2D eigenvalue weighted by Crippen LogP contribution is 2.39. The Kier molecular flexibility index (Phi) is 3.14. The van der Waals surface area contributed by atoms with Crippen LogP contribution in [0.1, 0.15) is 13.3 Å². The van der Waals surface area contributed by atoms with Crippen molar-refractivity contribution in [3.8, 4) is 11.1 Å². The maximum atomic E-state index is 11.9. The molecule has 2 atom stereocenters. The van der Waals surface area contributed by atoms with Crippen LogP contribution in [0.15, 0.2) is 42.7 Å². The van der Waals surface area contributed by atoms with Gasteiger partial charge >= 0.3 is 0 Å². The number of hydrogen-bond donors (Lipinski definition) is 2. The second kappa shape index (κ2) is 4.96. The van der Waals surface area contributed by atoms with Gasteiger partial charge in [0.25, 0.3) is 0 Å². The monoisotopic (exact) mass is 267 g/mol. The third-order valence-corrected chi connectivity index (χ3v) is 3.77. The number of rotatable bonds is 3. The van der Waals surface area contributed by atoms with Crippen LogP contribution in [0.3, 0.4) is 0 Å². The summed E-state index contributed by atoms with van der Waals surface area (Å²) in [5, 5.41) is 2.90. The highest BCUT2D eigenvalue weighted by molar-refractivity contribution is 5.97. The lowest BCUT2D eigenvalue weighted by Gasteiger charge is -2.10. The van der Waals surface area contributed by atoms with Crippen molar-refractivity contribution in [2.75, 3.05) is 11.1 Å². The van der Waals surface area contributed by atoms with Crippen LogP contribution in [0, 0.1) is 11.8 Å². The molecule has 1 aliphatic rings. The largest absolute Gasteiger partial charge is 0.397 e. The summed E-state index contributed by atoms with van der Waals surface area (Å²) >= 11 is 0. The Bertz CT molecular complexity index is 639. The average Bonchev–Trinajstić information content (AvgIpc) is 3.19. The second-order valence-electron chi connectivity index (χ2n) is 5.35. The molecule has 4 heteroatoms. The third-order valence-electron chi connectivity index (χ3n) is 3.77. The van der Waals surface area contributed by atoms with Crippen molar-refractivity contribution in [2.45, 2.75) is 13.3 Å². The summed E-state index contributed by atoms with van der Waals surface area (Å²) in [6.07, 6.45) is 4.46. The molecule has 20 heavy (non-hydrogen) atoms. The first kappa shape index (κ1) is 12.7. The molecule has 3 rings (SSSR count). The molecule has 0 saturated heterocycles. The number of hydrogen-bond acceptors (Lipinski definition) is 3. The molecule has 102 valence electrons. The smallest absolute Gasteiger partial charge is 0.227 e. The molecular weight excluding hydrogens is 250 g/mol. The van der Waals surface area contributed by atoms with E-state index in [2.05, 4.69) is 17.2 Å². The highest BCUT2D eigenvalue weighted by atomic mass is 16.2. The van der Waals surface area contributed by atoms with Gasteiger partial charge < -0.3 is 11.1 Å². The van der Waals surface area contributed by atoms with Crippen molar-refractivity contribution in [2.24, 2.45) is 11.8 Å². The summed E-state index contributed by atoms with van der Waals surface area (Å²) in [7, 11) is 0. The molecule has 0 spiro atoms. The van der Waals surface area contributed by atoms with Crippen LogP contribution in [0.25, 0.3) is 11.1 Å². The van der Waals surface area contributed by atoms with Crippen LogP contribution in [0.2, 0.25) is 0 Å². The van der Waals surface area contributed by atoms with Crippen LogP contribution in [-0.4, -0.2) is 10.9 Å². The zero-order valence-electron chi connectivity index (χ0n) is 11.3. The number of benzene rings is 1. The Balaban J connectivity index is 1.79. The zero-order chi connectivity index (χ0) is 14.1. The minimum atomic E-state index is 0.0702. The number of pyridine rings is 1. The summed E-state index contributed by atoms with van der Waals surface area (Å²) in [5.41, 5.74) is 9.38. The summed E-state index contributed by atoms with van der Waals surface area (Å²) in [4.78, 5) is 15.9. The van der Waals surface area contributed by atoms with Gasteiger partial charge in [-0.3, -0.25) is 9.78 Å². The lowest BCUT2D eigenvalue weighted by molar-refractivity contribution is -0.117. The number of amides is 1. The van der Waals surface area contributed by atoms with Crippen molar-refractivity contribution >= 4 is 17.3 Å². The third kappa shape index (κ3) is 2.50. The number of aromatic nitrogens is 1. The van der Waals surface area contributed by atoms with Crippen LogP contribution >= 0.6 is 0 Å². The number of nitrogen functional groups attached to an aromatic ring is 1. The zero-order valence-corrected chi connectivity index (χ0v) is 11.3. The molecule has 2 unspecified atom stereocenters. The minimum absolute atomic E-state index is 0.0702. The molecule has 0 bridgehead atoms. The fourth-order valence-electron chi connectivity index (χ4n) is 2.31. The van der Waals surface area contributed by atoms with Gasteiger partial charge in [-0.05, 0) is 47.7 Å².